The number of allylic oxidation sites excluding steroid dienone is 1. The van der Waals surface area contributed by atoms with Crippen LogP contribution in [0.4, 0.5) is 13.2 Å². The van der Waals surface area contributed by atoms with Crippen LogP contribution in [-0.2, 0) is 16.1 Å². The number of fused-ring (bicyclic) bond motifs is 1. The average molecular weight is 678 g/mol. The number of alkyl halides is 3. The molecule has 1 aliphatic heterocycles. The Labute approximate surface area is 255 Å². The molecule has 1 atom stereocenters. The fourth-order valence-electron chi connectivity index (χ4n) is 4.39. The van der Waals surface area contributed by atoms with E-state index in [1.54, 1.807) is 30.3 Å². The predicted octanol–water partition coefficient (Wildman–Crippen LogP) is 6.34. The molecule has 42 heavy (non-hydrogen) atoms. The molecular formula is C30H21BrClF3N2O4S. The lowest BCUT2D eigenvalue weighted by Gasteiger charge is -2.26. The van der Waals surface area contributed by atoms with Crippen molar-refractivity contribution in [3.05, 3.63) is 130 Å². The Balaban J connectivity index is 1.61. The summed E-state index contributed by atoms with van der Waals surface area (Å²) < 4.78 is 55.9. The SMILES string of the molecule is CCOC(=O)C1=C(C(F)(F)F)N=c2s/c(=C\c3cccc(OCc4ccc(Br)cc4)c3)c(=O)n2[C@H]1c1ccc(Cl)cc1. The molecule has 1 aromatic heterocycles. The topological polar surface area (TPSA) is 69.9 Å². The third-order valence-corrected chi connectivity index (χ3v) is 8.02. The van der Waals surface area contributed by atoms with Gasteiger partial charge in [0.2, 0.25) is 0 Å². The number of thiazole rings is 1. The van der Waals surface area contributed by atoms with E-state index in [1.807, 2.05) is 24.3 Å². The van der Waals surface area contributed by atoms with Gasteiger partial charge < -0.3 is 9.47 Å². The summed E-state index contributed by atoms with van der Waals surface area (Å²) in [7, 11) is 0. The van der Waals surface area contributed by atoms with E-state index in [9.17, 15) is 22.8 Å². The first-order chi connectivity index (χ1) is 20.0. The summed E-state index contributed by atoms with van der Waals surface area (Å²) in [4.78, 5) is 30.2. The normalized spacial score (nSPS) is 15.3. The Kier molecular flexibility index (Phi) is 8.72. The number of esters is 1. The quantitative estimate of drug-likeness (QED) is 0.214. The van der Waals surface area contributed by atoms with E-state index in [4.69, 9.17) is 21.1 Å². The third-order valence-electron chi connectivity index (χ3n) is 6.26. The molecule has 0 radical (unpaired) electrons. The molecule has 0 amide bonds. The van der Waals surface area contributed by atoms with E-state index in [1.165, 1.54) is 31.2 Å². The summed E-state index contributed by atoms with van der Waals surface area (Å²) in [6.07, 6.45) is -3.43. The van der Waals surface area contributed by atoms with Crippen molar-refractivity contribution in [3.8, 4) is 5.75 Å². The zero-order valence-electron chi connectivity index (χ0n) is 21.8. The zero-order chi connectivity index (χ0) is 30.0. The van der Waals surface area contributed by atoms with Gasteiger partial charge in [0.1, 0.15) is 12.4 Å². The molecule has 4 aromatic rings. The van der Waals surface area contributed by atoms with Crippen LogP contribution in [-0.4, -0.2) is 23.3 Å². The largest absolute Gasteiger partial charge is 0.489 e. The van der Waals surface area contributed by atoms with Crippen LogP contribution in [0.2, 0.25) is 5.02 Å². The van der Waals surface area contributed by atoms with Crippen LogP contribution in [0.15, 0.2) is 98.3 Å². The first-order valence-corrected chi connectivity index (χ1v) is 14.6. The smallest absolute Gasteiger partial charge is 0.434 e. The molecule has 216 valence electrons. The van der Waals surface area contributed by atoms with Gasteiger partial charge in [0.25, 0.3) is 5.56 Å². The number of ether oxygens (including phenoxy) is 2. The van der Waals surface area contributed by atoms with Crippen molar-refractivity contribution in [1.82, 2.24) is 4.57 Å². The van der Waals surface area contributed by atoms with E-state index in [-0.39, 0.29) is 21.5 Å². The molecule has 0 saturated carbocycles. The molecule has 0 N–H and O–H groups in total. The number of carbonyl (C=O) groups excluding carboxylic acids is 1. The summed E-state index contributed by atoms with van der Waals surface area (Å²) in [6.45, 7) is 1.64. The molecule has 12 heteroatoms. The summed E-state index contributed by atoms with van der Waals surface area (Å²) in [5.74, 6) is -0.666. The Morgan fingerprint density at radius 1 is 1.12 bits per heavy atom. The lowest BCUT2D eigenvalue weighted by molar-refractivity contribution is -0.140. The maximum absolute atomic E-state index is 14.3. The molecule has 6 nitrogen and oxygen atoms in total. The minimum absolute atomic E-state index is 0.129. The Bertz CT molecular complexity index is 1850. The Hall–Kier alpha value is -3.67. The average Bonchev–Trinajstić information content (AvgIpc) is 3.26. The van der Waals surface area contributed by atoms with Gasteiger partial charge in [-0.15, -0.1) is 0 Å². The van der Waals surface area contributed by atoms with Gasteiger partial charge in [-0.1, -0.05) is 75.3 Å². The van der Waals surface area contributed by atoms with Gasteiger partial charge in [0, 0.05) is 9.50 Å². The monoisotopic (exact) mass is 676 g/mol. The van der Waals surface area contributed by atoms with Gasteiger partial charge >= 0.3 is 12.1 Å². The van der Waals surface area contributed by atoms with Crippen molar-refractivity contribution in [2.75, 3.05) is 6.61 Å². The van der Waals surface area contributed by atoms with Gasteiger partial charge in [-0.25, -0.2) is 9.79 Å². The third kappa shape index (κ3) is 6.38. The van der Waals surface area contributed by atoms with Gasteiger partial charge in [-0.05, 0) is 66.1 Å². The highest BCUT2D eigenvalue weighted by Gasteiger charge is 2.45. The van der Waals surface area contributed by atoms with E-state index >= 15 is 0 Å². The maximum Gasteiger partial charge on any atom is 0.434 e. The highest BCUT2D eigenvalue weighted by Crippen LogP contribution is 2.38. The summed E-state index contributed by atoms with van der Waals surface area (Å²) in [5, 5.41) is 0.339. The molecule has 0 fully saturated rings. The molecule has 0 spiro atoms. The molecule has 0 aliphatic carbocycles. The van der Waals surface area contributed by atoms with Gasteiger partial charge in [-0.2, -0.15) is 13.2 Å². The molecule has 2 heterocycles. The number of aromatic nitrogens is 1. The zero-order valence-corrected chi connectivity index (χ0v) is 25.0. The number of hydrogen-bond donors (Lipinski definition) is 0. The van der Waals surface area contributed by atoms with Crippen molar-refractivity contribution < 1.29 is 27.4 Å². The second-order valence-electron chi connectivity index (χ2n) is 9.10. The Morgan fingerprint density at radius 3 is 2.50 bits per heavy atom. The minimum Gasteiger partial charge on any atom is -0.489 e. The maximum atomic E-state index is 14.3. The van der Waals surface area contributed by atoms with Gasteiger partial charge in [0.15, 0.2) is 10.5 Å². The van der Waals surface area contributed by atoms with Crippen LogP contribution < -0.4 is 19.6 Å². The minimum atomic E-state index is -4.98. The lowest BCUT2D eigenvalue weighted by atomic mass is 9.95. The summed E-state index contributed by atoms with van der Waals surface area (Å²) in [6, 6.07) is 19.1. The van der Waals surface area contributed by atoms with Crippen LogP contribution in [0.25, 0.3) is 6.08 Å². The van der Waals surface area contributed by atoms with Crippen molar-refractivity contribution >= 4 is 50.9 Å². The van der Waals surface area contributed by atoms with Crippen LogP contribution in [0.1, 0.15) is 29.7 Å². The predicted molar refractivity (Wildman–Crippen MR) is 157 cm³/mol. The van der Waals surface area contributed by atoms with E-state index < -0.39 is 35.0 Å². The second-order valence-corrected chi connectivity index (χ2v) is 11.5. The molecule has 5 rings (SSSR count). The standard InChI is InChI=1S/C30H21BrClF3N2O4S/c1-2-40-28(39)24-25(19-8-12-21(32)13-9-19)37-27(38)23(42-29(37)36-26(24)30(33,34)35)15-18-4-3-5-22(14-18)41-16-17-6-10-20(31)11-7-17/h3-15,25H,2,16H2,1H3/b23-15-/t25-/m0/s1. The highest BCUT2D eigenvalue weighted by atomic mass is 79.9. The van der Waals surface area contributed by atoms with Crippen LogP contribution in [0.3, 0.4) is 0 Å². The molecular weight excluding hydrogens is 657 g/mol. The lowest BCUT2D eigenvalue weighted by Crippen LogP contribution is -2.41. The first kappa shape index (κ1) is 29.8. The Morgan fingerprint density at radius 2 is 1.83 bits per heavy atom. The van der Waals surface area contributed by atoms with Crippen LogP contribution in [0, 0.1) is 0 Å². The van der Waals surface area contributed by atoms with E-state index in [2.05, 4.69) is 20.9 Å². The second kappa shape index (κ2) is 12.3. The van der Waals surface area contributed by atoms with Crippen molar-refractivity contribution in [2.24, 2.45) is 4.99 Å². The number of carbonyl (C=O) groups is 1. The van der Waals surface area contributed by atoms with Gasteiger partial charge in [0.05, 0.1) is 22.8 Å². The number of rotatable bonds is 7. The molecule has 0 saturated heterocycles. The highest BCUT2D eigenvalue weighted by molar-refractivity contribution is 9.10. The molecule has 1 aliphatic rings. The summed E-state index contributed by atoms with van der Waals surface area (Å²) in [5.41, 5.74) is -0.988. The van der Waals surface area contributed by atoms with Crippen LogP contribution in [0.5, 0.6) is 5.75 Å². The van der Waals surface area contributed by atoms with Crippen molar-refractivity contribution in [2.45, 2.75) is 25.7 Å². The first-order valence-electron chi connectivity index (χ1n) is 12.6. The number of halogens is 5. The van der Waals surface area contributed by atoms with Crippen molar-refractivity contribution in [3.63, 3.8) is 0 Å². The number of benzene rings is 3. The van der Waals surface area contributed by atoms with Gasteiger partial charge in [-0.3, -0.25) is 9.36 Å². The summed E-state index contributed by atoms with van der Waals surface area (Å²) >= 11 is 10.2. The van der Waals surface area contributed by atoms with Crippen LogP contribution >= 0.6 is 38.9 Å². The number of hydrogen-bond acceptors (Lipinski definition) is 6. The fraction of sp³-hybridized carbons (Fsp3) is 0.167. The fourth-order valence-corrected chi connectivity index (χ4v) is 5.78. The van der Waals surface area contributed by atoms with Crippen molar-refractivity contribution in [1.29, 1.82) is 0 Å². The molecule has 3 aromatic carbocycles. The van der Waals surface area contributed by atoms with E-state index in [0.29, 0.717) is 22.9 Å². The molecule has 0 unspecified atom stereocenters. The number of nitrogens with zero attached hydrogens (tertiary/aromatic N) is 2. The molecule has 0 bridgehead atoms. The van der Waals surface area contributed by atoms with E-state index in [0.717, 1.165) is 25.9 Å².